The fraction of sp³-hybridized carbons (Fsp3) is 0.417. The van der Waals surface area contributed by atoms with Crippen molar-refractivity contribution in [2.24, 2.45) is 0 Å². The number of hydrogen-bond donors (Lipinski definition) is 2. The zero-order valence-electron chi connectivity index (χ0n) is 18.6. The summed E-state index contributed by atoms with van der Waals surface area (Å²) in [5.74, 6) is -0.0983. The van der Waals surface area contributed by atoms with Crippen molar-refractivity contribution >= 4 is 23.2 Å². The van der Waals surface area contributed by atoms with Gasteiger partial charge < -0.3 is 20.3 Å². The Bertz CT molecular complexity index is 953. The van der Waals surface area contributed by atoms with Crippen molar-refractivity contribution in [1.29, 1.82) is 0 Å². The molecule has 1 aliphatic heterocycles. The van der Waals surface area contributed by atoms with Crippen molar-refractivity contribution < 1.29 is 27.5 Å². The predicted molar refractivity (Wildman–Crippen MR) is 120 cm³/mol. The van der Waals surface area contributed by atoms with E-state index in [0.717, 1.165) is 19.3 Å². The molecule has 0 radical (unpaired) electrons. The molecule has 1 saturated heterocycles. The molecule has 2 atom stereocenters. The molecule has 2 amide bonds. The first-order chi connectivity index (χ1) is 15.6. The van der Waals surface area contributed by atoms with E-state index in [1.165, 1.54) is 24.3 Å². The maximum atomic E-state index is 12.6. The Morgan fingerprint density at radius 1 is 1.00 bits per heavy atom. The first-order valence-corrected chi connectivity index (χ1v) is 10.9. The van der Waals surface area contributed by atoms with E-state index >= 15 is 0 Å². The van der Waals surface area contributed by atoms with Gasteiger partial charge in [-0.3, -0.25) is 9.59 Å². The van der Waals surface area contributed by atoms with E-state index in [2.05, 4.69) is 10.6 Å². The molecule has 9 heteroatoms. The standard InChI is InChI=1S/C24H28F3N3O3/c1-16-6-5-7-17(2)30(16)22(31)14-33-19-12-10-18(11-13-19)23(32)29-21-9-4-3-8-20(21)28-15-24(25,26)27/h3-4,8-13,16-17,28H,5-7,14-15H2,1-2H3,(H,29,32). The van der Waals surface area contributed by atoms with Gasteiger partial charge in [-0.2, -0.15) is 13.2 Å². The first-order valence-electron chi connectivity index (χ1n) is 10.9. The molecule has 0 aromatic heterocycles. The number of para-hydroxylation sites is 2. The van der Waals surface area contributed by atoms with Gasteiger partial charge in [-0.1, -0.05) is 12.1 Å². The Balaban J connectivity index is 1.57. The number of halogens is 3. The first kappa shape index (κ1) is 24.4. The summed E-state index contributed by atoms with van der Waals surface area (Å²) in [5.41, 5.74) is 0.711. The fourth-order valence-electron chi connectivity index (χ4n) is 3.97. The van der Waals surface area contributed by atoms with Crippen molar-refractivity contribution in [2.75, 3.05) is 23.8 Å². The number of carbonyl (C=O) groups excluding carboxylic acids is 2. The molecule has 2 unspecified atom stereocenters. The number of rotatable bonds is 7. The molecule has 2 aromatic rings. The topological polar surface area (TPSA) is 70.7 Å². The molecule has 3 rings (SSSR count). The van der Waals surface area contributed by atoms with Crippen molar-refractivity contribution in [3.05, 3.63) is 54.1 Å². The van der Waals surface area contributed by atoms with Gasteiger partial charge >= 0.3 is 6.18 Å². The second-order valence-electron chi connectivity index (χ2n) is 8.21. The normalized spacial score (nSPS) is 18.5. The molecule has 0 aliphatic carbocycles. The Morgan fingerprint density at radius 2 is 1.61 bits per heavy atom. The summed E-state index contributed by atoms with van der Waals surface area (Å²) in [6, 6.07) is 12.8. The third-order valence-corrected chi connectivity index (χ3v) is 5.61. The van der Waals surface area contributed by atoms with Crippen molar-refractivity contribution in [1.82, 2.24) is 4.90 Å². The number of hydrogen-bond acceptors (Lipinski definition) is 4. The SMILES string of the molecule is CC1CCCC(C)N1C(=O)COc1ccc(C(=O)Nc2ccccc2NCC(F)(F)F)cc1. The van der Waals surface area contributed by atoms with E-state index in [-0.39, 0.29) is 36.0 Å². The maximum Gasteiger partial charge on any atom is 0.405 e. The minimum absolute atomic E-state index is 0.0699. The molecule has 2 aromatic carbocycles. The van der Waals surface area contributed by atoms with Gasteiger partial charge in [-0.05, 0) is 69.5 Å². The van der Waals surface area contributed by atoms with Crippen molar-refractivity contribution in [3.63, 3.8) is 0 Å². The van der Waals surface area contributed by atoms with Crippen LogP contribution in [0.25, 0.3) is 0 Å². The minimum Gasteiger partial charge on any atom is -0.484 e. The van der Waals surface area contributed by atoms with Gasteiger partial charge in [0.1, 0.15) is 12.3 Å². The summed E-state index contributed by atoms with van der Waals surface area (Å²) in [6.45, 7) is 2.79. The Labute approximate surface area is 191 Å². The molecule has 1 aliphatic rings. The molecule has 178 valence electrons. The number of benzene rings is 2. The van der Waals surface area contributed by atoms with Crippen molar-refractivity contribution in [2.45, 2.75) is 51.4 Å². The van der Waals surface area contributed by atoms with Crippen LogP contribution in [0.4, 0.5) is 24.5 Å². The second-order valence-corrected chi connectivity index (χ2v) is 8.21. The smallest absolute Gasteiger partial charge is 0.405 e. The van der Waals surface area contributed by atoms with Gasteiger partial charge in [0.15, 0.2) is 6.61 Å². The number of anilines is 2. The second kappa shape index (κ2) is 10.6. The Kier molecular flexibility index (Phi) is 7.84. The number of nitrogens with zero attached hydrogens (tertiary/aromatic N) is 1. The van der Waals surface area contributed by atoms with Crippen LogP contribution in [-0.4, -0.2) is 48.1 Å². The number of likely N-dealkylation sites (tertiary alicyclic amines) is 1. The third kappa shape index (κ3) is 6.87. The predicted octanol–water partition coefficient (Wildman–Crippen LogP) is 5.08. The summed E-state index contributed by atoms with van der Waals surface area (Å²) in [4.78, 5) is 27.0. The van der Waals surface area contributed by atoms with Gasteiger partial charge in [0.2, 0.25) is 0 Å². The molecule has 1 heterocycles. The van der Waals surface area contributed by atoms with Gasteiger partial charge in [-0.25, -0.2) is 0 Å². The van der Waals surface area contributed by atoms with Crippen LogP contribution in [0.3, 0.4) is 0 Å². The quantitative estimate of drug-likeness (QED) is 0.601. The lowest BCUT2D eigenvalue weighted by Gasteiger charge is -2.38. The van der Waals surface area contributed by atoms with Gasteiger partial charge in [-0.15, -0.1) is 0 Å². The Morgan fingerprint density at radius 3 is 2.21 bits per heavy atom. The summed E-state index contributed by atoms with van der Waals surface area (Å²) in [7, 11) is 0. The van der Waals surface area contributed by atoms with Crippen LogP contribution in [0.2, 0.25) is 0 Å². The molecule has 0 bridgehead atoms. The average Bonchev–Trinajstić information content (AvgIpc) is 2.77. The number of carbonyl (C=O) groups is 2. The largest absolute Gasteiger partial charge is 0.484 e. The highest BCUT2D eigenvalue weighted by atomic mass is 19.4. The molecule has 2 N–H and O–H groups in total. The molecule has 33 heavy (non-hydrogen) atoms. The lowest BCUT2D eigenvalue weighted by atomic mass is 9.97. The van der Waals surface area contributed by atoms with Crippen LogP contribution in [0.1, 0.15) is 43.5 Å². The molecule has 6 nitrogen and oxygen atoms in total. The molecule has 1 fully saturated rings. The number of nitrogens with one attached hydrogen (secondary N) is 2. The van der Waals surface area contributed by atoms with Crippen LogP contribution in [0.5, 0.6) is 5.75 Å². The van der Waals surface area contributed by atoms with E-state index in [4.69, 9.17) is 4.74 Å². The van der Waals surface area contributed by atoms with E-state index in [1.54, 1.807) is 24.3 Å². The molecular weight excluding hydrogens is 435 g/mol. The molecule has 0 saturated carbocycles. The van der Waals surface area contributed by atoms with Crippen molar-refractivity contribution in [3.8, 4) is 5.75 Å². The number of amides is 2. The van der Waals surface area contributed by atoms with Crippen LogP contribution < -0.4 is 15.4 Å². The van der Waals surface area contributed by atoms with E-state index in [0.29, 0.717) is 11.3 Å². The summed E-state index contributed by atoms with van der Waals surface area (Å²) >= 11 is 0. The molecule has 0 spiro atoms. The monoisotopic (exact) mass is 463 g/mol. The summed E-state index contributed by atoms with van der Waals surface area (Å²) < 4.78 is 43.1. The highest BCUT2D eigenvalue weighted by molar-refractivity contribution is 6.05. The summed E-state index contributed by atoms with van der Waals surface area (Å²) in [6.07, 6.45) is -1.30. The molecular formula is C24H28F3N3O3. The van der Waals surface area contributed by atoms with Crippen LogP contribution in [0.15, 0.2) is 48.5 Å². The number of alkyl halides is 3. The lowest BCUT2D eigenvalue weighted by Crippen LogP contribution is -2.49. The lowest BCUT2D eigenvalue weighted by molar-refractivity contribution is -0.139. The third-order valence-electron chi connectivity index (χ3n) is 5.61. The highest BCUT2D eigenvalue weighted by Crippen LogP contribution is 2.25. The highest BCUT2D eigenvalue weighted by Gasteiger charge is 2.29. The van der Waals surface area contributed by atoms with Crippen LogP contribution >= 0.6 is 0 Å². The zero-order chi connectivity index (χ0) is 24.0. The maximum absolute atomic E-state index is 12.6. The number of ether oxygens (including phenoxy) is 1. The average molecular weight is 464 g/mol. The van der Waals surface area contributed by atoms with Gasteiger partial charge in [0.05, 0.1) is 11.4 Å². The van der Waals surface area contributed by atoms with Crippen LogP contribution in [0, 0.1) is 0 Å². The van der Waals surface area contributed by atoms with E-state index in [1.807, 2.05) is 18.7 Å². The number of piperidine rings is 1. The van der Waals surface area contributed by atoms with Gasteiger partial charge in [0.25, 0.3) is 11.8 Å². The fourth-order valence-corrected chi connectivity index (χ4v) is 3.97. The van der Waals surface area contributed by atoms with E-state index in [9.17, 15) is 22.8 Å². The van der Waals surface area contributed by atoms with E-state index < -0.39 is 18.6 Å². The summed E-state index contributed by atoms with van der Waals surface area (Å²) in [5, 5.41) is 4.90. The van der Waals surface area contributed by atoms with Crippen LogP contribution in [-0.2, 0) is 4.79 Å². The zero-order valence-corrected chi connectivity index (χ0v) is 18.6. The minimum atomic E-state index is -4.38. The Hall–Kier alpha value is -3.23. The van der Waals surface area contributed by atoms with Gasteiger partial charge in [0, 0.05) is 17.6 Å².